The molecule has 1 heterocycles. The zero-order valence-corrected chi connectivity index (χ0v) is 13.4. The molecule has 7 nitrogen and oxygen atoms in total. The van der Waals surface area contributed by atoms with Crippen LogP contribution in [0.2, 0.25) is 0 Å². The fourth-order valence-corrected chi connectivity index (χ4v) is 3.30. The third-order valence-corrected chi connectivity index (χ3v) is 4.62. The number of aromatic nitrogens is 3. The second-order valence-electron chi connectivity index (χ2n) is 6.23. The molecule has 24 heavy (non-hydrogen) atoms. The highest BCUT2D eigenvalue weighted by Crippen LogP contribution is 2.34. The second-order valence-corrected chi connectivity index (χ2v) is 6.23. The van der Waals surface area contributed by atoms with E-state index in [1.54, 1.807) is 17.1 Å². The van der Waals surface area contributed by atoms with Crippen LogP contribution < -0.4 is 5.32 Å². The van der Waals surface area contributed by atoms with Gasteiger partial charge in [-0.05, 0) is 30.9 Å². The summed E-state index contributed by atoms with van der Waals surface area (Å²) < 4.78 is 1.64. The maximum atomic E-state index is 12.4. The van der Waals surface area contributed by atoms with E-state index in [4.69, 9.17) is 0 Å². The topological polar surface area (TPSA) is 97.1 Å². The predicted molar refractivity (Wildman–Crippen MR) is 86.2 cm³/mol. The number of rotatable bonds is 5. The van der Waals surface area contributed by atoms with E-state index < -0.39 is 11.9 Å². The molecule has 0 aliphatic heterocycles. The minimum atomic E-state index is -0.837. The Kier molecular flexibility index (Phi) is 4.59. The Bertz CT molecular complexity index is 729. The first-order chi connectivity index (χ1) is 11.5. The summed E-state index contributed by atoms with van der Waals surface area (Å²) in [7, 11) is 0. The number of hydrogen-bond donors (Lipinski definition) is 2. The van der Waals surface area contributed by atoms with Crippen molar-refractivity contribution in [2.75, 3.05) is 0 Å². The summed E-state index contributed by atoms with van der Waals surface area (Å²) in [5.74, 6) is -1.43. The van der Waals surface area contributed by atoms with E-state index in [0.717, 1.165) is 11.1 Å². The van der Waals surface area contributed by atoms with Gasteiger partial charge in [-0.1, -0.05) is 29.5 Å². The van der Waals surface area contributed by atoms with Crippen LogP contribution in [0.3, 0.4) is 0 Å². The van der Waals surface area contributed by atoms with Gasteiger partial charge < -0.3 is 10.4 Å². The van der Waals surface area contributed by atoms with Crippen LogP contribution in [-0.4, -0.2) is 38.0 Å². The Morgan fingerprint density at radius 2 is 2.12 bits per heavy atom. The van der Waals surface area contributed by atoms with Crippen LogP contribution in [0.4, 0.5) is 0 Å². The minimum Gasteiger partial charge on any atom is -0.481 e. The lowest BCUT2D eigenvalue weighted by Crippen LogP contribution is -2.39. The highest BCUT2D eigenvalue weighted by atomic mass is 16.4. The highest BCUT2D eigenvalue weighted by molar-refractivity contribution is 5.79. The molecule has 3 rings (SSSR count). The summed E-state index contributed by atoms with van der Waals surface area (Å²) in [5.41, 5.74) is 2.04. The lowest BCUT2D eigenvalue weighted by Gasteiger charge is -2.21. The number of carboxylic acids is 1. The second kappa shape index (κ2) is 6.82. The van der Waals surface area contributed by atoms with Crippen LogP contribution >= 0.6 is 0 Å². The molecule has 1 aliphatic carbocycles. The van der Waals surface area contributed by atoms with Crippen LogP contribution in [0, 0.1) is 12.8 Å². The van der Waals surface area contributed by atoms with E-state index in [-0.39, 0.29) is 24.4 Å². The van der Waals surface area contributed by atoms with Gasteiger partial charge in [0.1, 0.15) is 0 Å². The molecule has 1 aromatic carbocycles. The van der Waals surface area contributed by atoms with Gasteiger partial charge >= 0.3 is 5.97 Å². The Morgan fingerprint density at radius 3 is 2.79 bits per heavy atom. The predicted octanol–water partition coefficient (Wildman–Crippen LogP) is 1.35. The first-order valence-corrected chi connectivity index (χ1v) is 7.97. The third-order valence-electron chi connectivity index (χ3n) is 4.62. The van der Waals surface area contributed by atoms with Gasteiger partial charge in [0.25, 0.3) is 0 Å². The third kappa shape index (κ3) is 3.45. The lowest BCUT2D eigenvalue weighted by atomic mass is 10.0. The van der Waals surface area contributed by atoms with Crippen LogP contribution in [0.15, 0.2) is 36.7 Å². The van der Waals surface area contributed by atoms with Gasteiger partial charge in [0.2, 0.25) is 5.91 Å². The summed E-state index contributed by atoms with van der Waals surface area (Å²) >= 11 is 0. The van der Waals surface area contributed by atoms with Crippen molar-refractivity contribution in [3.05, 3.63) is 47.8 Å². The van der Waals surface area contributed by atoms with E-state index in [2.05, 4.69) is 15.6 Å². The van der Waals surface area contributed by atoms with E-state index in [0.29, 0.717) is 12.8 Å². The number of hydrogen-bond acceptors (Lipinski definition) is 4. The smallest absolute Gasteiger partial charge is 0.306 e. The molecule has 2 N–H and O–H groups in total. The van der Waals surface area contributed by atoms with Gasteiger partial charge in [0.05, 0.1) is 30.6 Å². The Hall–Kier alpha value is -2.70. The fourth-order valence-electron chi connectivity index (χ4n) is 3.30. The van der Waals surface area contributed by atoms with Gasteiger partial charge in [-0.15, -0.1) is 5.10 Å². The van der Waals surface area contributed by atoms with Crippen molar-refractivity contribution in [3.63, 3.8) is 0 Å². The van der Waals surface area contributed by atoms with Crippen molar-refractivity contribution in [2.45, 2.75) is 38.3 Å². The van der Waals surface area contributed by atoms with Crippen LogP contribution in [0.25, 0.3) is 0 Å². The van der Waals surface area contributed by atoms with Crippen molar-refractivity contribution in [2.24, 2.45) is 5.92 Å². The Balaban J connectivity index is 1.70. The zero-order chi connectivity index (χ0) is 17.1. The monoisotopic (exact) mass is 328 g/mol. The maximum Gasteiger partial charge on any atom is 0.306 e. The lowest BCUT2D eigenvalue weighted by molar-refractivity contribution is -0.141. The number of nitrogens with one attached hydrogen (secondary N) is 1. The van der Waals surface area contributed by atoms with Crippen LogP contribution in [0.5, 0.6) is 0 Å². The number of nitrogens with zero attached hydrogens (tertiary/aromatic N) is 3. The summed E-state index contributed by atoms with van der Waals surface area (Å²) in [6, 6.07) is 7.30. The number of aliphatic carboxylic acids is 1. The van der Waals surface area contributed by atoms with Crippen molar-refractivity contribution in [1.29, 1.82) is 0 Å². The highest BCUT2D eigenvalue weighted by Gasteiger charge is 2.40. The van der Waals surface area contributed by atoms with Crippen molar-refractivity contribution < 1.29 is 14.7 Å². The van der Waals surface area contributed by atoms with E-state index >= 15 is 0 Å². The molecule has 0 spiro atoms. The molecule has 2 aromatic rings. The molecule has 1 unspecified atom stereocenters. The minimum absolute atomic E-state index is 0.106. The molecular weight excluding hydrogens is 308 g/mol. The first kappa shape index (κ1) is 16.2. The van der Waals surface area contributed by atoms with Gasteiger partial charge in [-0.2, -0.15) is 0 Å². The first-order valence-electron chi connectivity index (χ1n) is 7.97. The van der Waals surface area contributed by atoms with Crippen molar-refractivity contribution in [3.8, 4) is 0 Å². The van der Waals surface area contributed by atoms with Gasteiger partial charge in [-0.3, -0.25) is 9.59 Å². The molecule has 126 valence electrons. The molecule has 0 radical (unpaired) electrons. The SMILES string of the molecule is Cc1ccccc1CC(=O)N[C@@H]1CC(C(=O)O)C[C@@H]1n1ccnn1. The summed E-state index contributed by atoms with van der Waals surface area (Å²) in [6.45, 7) is 1.97. The molecule has 0 saturated heterocycles. The van der Waals surface area contributed by atoms with E-state index in [1.165, 1.54) is 0 Å². The average Bonchev–Trinajstić information content (AvgIpc) is 3.18. The molecule has 1 aliphatic rings. The summed E-state index contributed by atoms with van der Waals surface area (Å²) in [6.07, 6.45) is 4.38. The number of benzene rings is 1. The van der Waals surface area contributed by atoms with Gasteiger partial charge in [-0.25, -0.2) is 4.68 Å². The van der Waals surface area contributed by atoms with Crippen molar-refractivity contribution >= 4 is 11.9 Å². The maximum absolute atomic E-state index is 12.4. The van der Waals surface area contributed by atoms with E-state index in [9.17, 15) is 14.7 Å². The molecule has 0 bridgehead atoms. The average molecular weight is 328 g/mol. The number of amides is 1. The fraction of sp³-hybridized carbons (Fsp3) is 0.412. The van der Waals surface area contributed by atoms with Gasteiger partial charge in [0, 0.05) is 6.20 Å². The van der Waals surface area contributed by atoms with Crippen molar-refractivity contribution in [1.82, 2.24) is 20.3 Å². The molecular formula is C17H20N4O3. The van der Waals surface area contributed by atoms with Crippen LogP contribution in [-0.2, 0) is 16.0 Å². The largest absolute Gasteiger partial charge is 0.481 e. The van der Waals surface area contributed by atoms with Gasteiger partial charge in [0.15, 0.2) is 0 Å². The number of carboxylic acid groups (broad SMARTS) is 1. The molecule has 1 fully saturated rings. The molecule has 3 atom stereocenters. The number of carbonyl (C=O) groups is 2. The number of carbonyl (C=O) groups excluding carboxylic acids is 1. The summed E-state index contributed by atoms with van der Waals surface area (Å²) in [5, 5.41) is 20.0. The Morgan fingerprint density at radius 1 is 1.33 bits per heavy atom. The zero-order valence-electron chi connectivity index (χ0n) is 13.4. The standard InChI is InChI=1S/C17H20N4O3/c1-11-4-2-3-5-12(11)10-16(22)19-14-8-13(17(23)24)9-15(14)21-7-6-18-20-21/h2-7,13-15H,8-10H2,1H3,(H,19,22)(H,23,24)/t13?,14-,15+/m1/s1. The molecule has 1 saturated carbocycles. The van der Waals surface area contributed by atoms with Crippen LogP contribution in [0.1, 0.15) is 30.0 Å². The number of aryl methyl sites for hydroxylation is 1. The molecule has 7 heteroatoms. The molecule has 1 amide bonds. The Labute approximate surface area is 139 Å². The molecule has 1 aromatic heterocycles. The normalized spacial score (nSPS) is 23.1. The summed E-state index contributed by atoms with van der Waals surface area (Å²) in [4.78, 5) is 23.7. The quantitative estimate of drug-likeness (QED) is 0.863. The van der Waals surface area contributed by atoms with E-state index in [1.807, 2.05) is 31.2 Å².